The molecule has 0 aliphatic heterocycles. The maximum absolute atomic E-state index is 9.21. The van der Waals surface area contributed by atoms with Gasteiger partial charge in [-0.05, 0) is 49.9 Å². The van der Waals surface area contributed by atoms with Gasteiger partial charge in [0, 0.05) is 29.6 Å². The second-order valence-electron chi connectivity index (χ2n) is 5.84. The van der Waals surface area contributed by atoms with E-state index in [-0.39, 0.29) is 6.61 Å². The van der Waals surface area contributed by atoms with Gasteiger partial charge >= 0.3 is 0 Å². The molecule has 2 rings (SSSR count). The van der Waals surface area contributed by atoms with Crippen LogP contribution in [-0.2, 0) is 0 Å². The molecular weight excluding hydrogens is 328 g/mol. The third-order valence-electron chi connectivity index (χ3n) is 4.05. The van der Waals surface area contributed by atoms with Crippen LogP contribution >= 0.6 is 15.9 Å². The van der Waals surface area contributed by atoms with Crippen LogP contribution in [0, 0.1) is 0 Å². The van der Waals surface area contributed by atoms with E-state index in [1.807, 2.05) is 0 Å². The van der Waals surface area contributed by atoms with E-state index in [0.29, 0.717) is 12.1 Å². The van der Waals surface area contributed by atoms with Gasteiger partial charge in [-0.3, -0.25) is 4.90 Å². The Kier molecular flexibility index (Phi) is 7.17. The Bertz CT molecular complexity index is 423. The van der Waals surface area contributed by atoms with Gasteiger partial charge in [-0.25, -0.2) is 0 Å². The number of halogens is 1. The molecule has 0 saturated heterocycles. The average Bonchev–Trinajstić information content (AvgIpc) is 3.30. The van der Waals surface area contributed by atoms with E-state index in [1.54, 1.807) is 0 Å². The first-order valence-electron chi connectivity index (χ1n) is 8.08. The molecule has 0 radical (unpaired) electrons. The van der Waals surface area contributed by atoms with Crippen LogP contribution in [0.3, 0.4) is 0 Å². The van der Waals surface area contributed by atoms with E-state index in [9.17, 15) is 5.11 Å². The molecule has 0 bridgehead atoms. The molecular formula is C17H27BrN2O. The van der Waals surface area contributed by atoms with E-state index in [4.69, 9.17) is 0 Å². The van der Waals surface area contributed by atoms with Gasteiger partial charge in [0.2, 0.25) is 0 Å². The highest BCUT2D eigenvalue weighted by atomic mass is 79.9. The summed E-state index contributed by atoms with van der Waals surface area (Å²) in [5.74, 6) is 0. The van der Waals surface area contributed by atoms with Crippen LogP contribution in [-0.4, -0.2) is 42.3 Å². The lowest BCUT2D eigenvalue weighted by Crippen LogP contribution is -2.33. The Morgan fingerprint density at radius 1 is 1.38 bits per heavy atom. The van der Waals surface area contributed by atoms with Gasteiger partial charge < -0.3 is 10.4 Å². The highest BCUT2D eigenvalue weighted by molar-refractivity contribution is 9.10. The average molecular weight is 355 g/mol. The number of aliphatic hydroxyl groups excluding tert-OH is 1. The standard InChI is InChI=1S/C17H27BrN2O/c1-2-9-19-17(14-4-3-5-15(18)13-14)8-10-20(11-12-21)16-6-7-16/h3-5,13,16-17,19,21H,2,6-12H2,1H3. The molecule has 1 aliphatic carbocycles. The molecule has 2 N–H and O–H groups in total. The summed E-state index contributed by atoms with van der Waals surface area (Å²) in [5.41, 5.74) is 1.34. The van der Waals surface area contributed by atoms with Crippen LogP contribution in [0.15, 0.2) is 28.7 Å². The van der Waals surface area contributed by atoms with Crippen LogP contribution in [0.25, 0.3) is 0 Å². The quantitative estimate of drug-likeness (QED) is 0.676. The van der Waals surface area contributed by atoms with E-state index < -0.39 is 0 Å². The summed E-state index contributed by atoms with van der Waals surface area (Å²) in [6.07, 6.45) is 4.83. The highest BCUT2D eigenvalue weighted by Crippen LogP contribution is 2.28. The Morgan fingerprint density at radius 2 is 2.19 bits per heavy atom. The van der Waals surface area contributed by atoms with Gasteiger partial charge in [-0.2, -0.15) is 0 Å². The largest absolute Gasteiger partial charge is 0.395 e. The van der Waals surface area contributed by atoms with E-state index in [1.165, 1.54) is 18.4 Å². The van der Waals surface area contributed by atoms with Crippen molar-refractivity contribution < 1.29 is 5.11 Å². The smallest absolute Gasteiger partial charge is 0.0558 e. The fourth-order valence-corrected chi connectivity index (χ4v) is 3.19. The van der Waals surface area contributed by atoms with Gasteiger partial charge in [-0.15, -0.1) is 0 Å². The second kappa shape index (κ2) is 8.89. The van der Waals surface area contributed by atoms with Crippen LogP contribution < -0.4 is 5.32 Å². The number of nitrogens with one attached hydrogen (secondary N) is 1. The third-order valence-corrected chi connectivity index (χ3v) is 4.54. The molecule has 1 saturated carbocycles. The lowest BCUT2D eigenvalue weighted by Gasteiger charge is -2.25. The number of nitrogens with zero attached hydrogens (tertiary/aromatic N) is 1. The summed E-state index contributed by atoms with van der Waals surface area (Å²) >= 11 is 3.57. The van der Waals surface area contributed by atoms with Gasteiger partial charge in [0.05, 0.1) is 6.61 Å². The molecule has 0 heterocycles. The van der Waals surface area contributed by atoms with Crippen LogP contribution in [0.4, 0.5) is 0 Å². The van der Waals surface area contributed by atoms with Gasteiger partial charge in [-0.1, -0.05) is 35.0 Å². The normalized spacial score (nSPS) is 16.4. The summed E-state index contributed by atoms with van der Waals surface area (Å²) in [5, 5.41) is 12.9. The minimum atomic E-state index is 0.264. The van der Waals surface area contributed by atoms with Gasteiger partial charge in [0.1, 0.15) is 0 Å². The minimum absolute atomic E-state index is 0.264. The molecule has 1 unspecified atom stereocenters. The number of rotatable bonds is 10. The molecule has 4 heteroatoms. The van der Waals surface area contributed by atoms with Crippen molar-refractivity contribution in [2.45, 2.75) is 44.7 Å². The number of aliphatic hydroxyl groups is 1. The molecule has 118 valence electrons. The molecule has 1 aromatic carbocycles. The van der Waals surface area contributed by atoms with Gasteiger partial charge in [0.25, 0.3) is 0 Å². The molecule has 1 atom stereocenters. The predicted molar refractivity (Wildman–Crippen MR) is 91.5 cm³/mol. The summed E-state index contributed by atoms with van der Waals surface area (Å²) in [6.45, 7) is 5.37. The van der Waals surface area contributed by atoms with Gasteiger partial charge in [0.15, 0.2) is 0 Å². The van der Waals surface area contributed by atoms with Crippen molar-refractivity contribution >= 4 is 15.9 Å². The second-order valence-corrected chi connectivity index (χ2v) is 6.76. The fraction of sp³-hybridized carbons (Fsp3) is 0.647. The third kappa shape index (κ3) is 5.70. The van der Waals surface area contributed by atoms with Crippen molar-refractivity contribution in [2.24, 2.45) is 0 Å². The molecule has 3 nitrogen and oxygen atoms in total. The molecule has 1 aliphatic rings. The molecule has 0 amide bonds. The topological polar surface area (TPSA) is 35.5 Å². The molecule has 0 spiro atoms. The van der Waals surface area contributed by atoms with Crippen LogP contribution in [0.2, 0.25) is 0 Å². The Hall–Kier alpha value is -0.420. The minimum Gasteiger partial charge on any atom is -0.395 e. The maximum atomic E-state index is 9.21. The molecule has 1 aromatic rings. The van der Waals surface area contributed by atoms with Crippen molar-refractivity contribution in [1.29, 1.82) is 0 Å². The van der Waals surface area contributed by atoms with Crippen molar-refractivity contribution in [3.8, 4) is 0 Å². The van der Waals surface area contributed by atoms with Crippen LogP contribution in [0.5, 0.6) is 0 Å². The molecule has 0 aromatic heterocycles. The van der Waals surface area contributed by atoms with Crippen molar-refractivity contribution in [3.63, 3.8) is 0 Å². The molecule has 1 fully saturated rings. The summed E-state index contributed by atoms with van der Waals surface area (Å²) in [7, 11) is 0. The van der Waals surface area contributed by atoms with Crippen LogP contribution in [0.1, 0.15) is 44.2 Å². The van der Waals surface area contributed by atoms with E-state index >= 15 is 0 Å². The van der Waals surface area contributed by atoms with Crippen molar-refractivity contribution in [1.82, 2.24) is 10.2 Å². The Morgan fingerprint density at radius 3 is 2.81 bits per heavy atom. The maximum Gasteiger partial charge on any atom is 0.0558 e. The SMILES string of the molecule is CCCNC(CCN(CCO)C1CC1)c1cccc(Br)c1. The fourth-order valence-electron chi connectivity index (χ4n) is 2.77. The van der Waals surface area contributed by atoms with E-state index in [0.717, 1.165) is 36.9 Å². The monoisotopic (exact) mass is 354 g/mol. The number of benzene rings is 1. The Labute approximate surface area is 136 Å². The van der Waals surface area contributed by atoms with E-state index in [2.05, 4.69) is 57.3 Å². The van der Waals surface area contributed by atoms with Crippen molar-refractivity contribution in [2.75, 3.05) is 26.2 Å². The lowest BCUT2D eigenvalue weighted by molar-refractivity contribution is 0.182. The zero-order chi connectivity index (χ0) is 15.1. The first-order chi connectivity index (χ1) is 10.2. The predicted octanol–water partition coefficient (Wildman–Crippen LogP) is 3.34. The van der Waals surface area contributed by atoms with Crippen molar-refractivity contribution in [3.05, 3.63) is 34.3 Å². The first-order valence-corrected chi connectivity index (χ1v) is 8.87. The zero-order valence-corrected chi connectivity index (χ0v) is 14.5. The Balaban J connectivity index is 1.95. The summed E-state index contributed by atoms with van der Waals surface area (Å²) in [6, 6.07) is 9.69. The first kappa shape index (κ1) is 16.9. The number of hydrogen-bond donors (Lipinski definition) is 2. The molecule has 21 heavy (non-hydrogen) atoms. The summed E-state index contributed by atoms with van der Waals surface area (Å²) in [4.78, 5) is 2.44. The zero-order valence-electron chi connectivity index (χ0n) is 12.9. The highest BCUT2D eigenvalue weighted by Gasteiger charge is 2.28. The lowest BCUT2D eigenvalue weighted by atomic mass is 10.0. The summed E-state index contributed by atoms with van der Waals surface area (Å²) < 4.78 is 1.14. The number of hydrogen-bond acceptors (Lipinski definition) is 3.